The molecule has 0 spiro atoms. The van der Waals surface area contributed by atoms with Gasteiger partial charge in [0, 0.05) is 16.3 Å². The van der Waals surface area contributed by atoms with Crippen molar-refractivity contribution < 1.29 is 23.1 Å². The summed E-state index contributed by atoms with van der Waals surface area (Å²) < 4.78 is 41.1. The van der Waals surface area contributed by atoms with Gasteiger partial charge in [0.15, 0.2) is 0 Å². The van der Waals surface area contributed by atoms with Gasteiger partial charge in [-0.05, 0) is 37.0 Å². The number of nitrogens with zero attached hydrogens (tertiary/aromatic N) is 2. The lowest BCUT2D eigenvalue weighted by atomic mass is 9.75. The molecule has 0 saturated heterocycles. The molecular weight excluding hydrogens is 345 g/mol. The maximum absolute atomic E-state index is 13.7. The third kappa shape index (κ3) is 2.50. The Balaban J connectivity index is 2.08. The van der Waals surface area contributed by atoms with E-state index in [0.717, 1.165) is 0 Å². The van der Waals surface area contributed by atoms with Crippen LogP contribution in [0.4, 0.5) is 13.2 Å². The van der Waals surface area contributed by atoms with E-state index in [4.69, 9.17) is 11.6 Å². The van der Waals surface area contributed by atoms with Gasteiger partial charge in [-0.25, -0.2) is 0 Å². The van der Waals surface area contributed by atoms with Crippen LogP contribution in [0.2, 0.25) is 5.02 Å². The van der Waals surface area contributed by atoms with Crippen LogP contribution >= 0.6 is 11.6 Å². The molecule has 24 heavy (non-hydrogen) atoms. The number of hydrogen-bond acceptors (Lipinski definition) is 3. The van der Waals surface area contributed by atoms with Gasteiger partial charge in [0.2, 0.25) is 0 Å². The van der Waals surface area contributed by atoms with Crippen LogP contribution in [0, 0.1) is 11.8 Å². The first-order chi connectivity index (χ1) is 11.2. The Morgan fingerprint density at radius 3 is 2.75 bits per heavy atom. The SMILES string of the molecule is C[C@@H]1CCC[C@H]2C1=NN(C(=O)c1cccc(Cl)c1)[C@]2(O)C(F)(F)F. The standard InChI is InChI=1S/C16H16ClF3N2O2/c1-9-4-2-7-12-13(9)21-22(15(12,24)16(18,19)20)14(23)10-5-3-6-11(17)8-10/h3,5-6,8-9,12,24H,2,4,7H2,1H3/t9-,12+,15-/m1/s1. The second-order valence-corrected chi connectivity index (χ2v) is 6.70. The molecule has 1 amide bonds. The molecule has 1 aliphatic heterocycles. The van der Waals surface area contributed by atoms with Crippen LogP contribution in [-0.2, 0) is 0 Å². The van der Waals surface area contributed by atoms with E-state index in [9.17, 15) is 23.1 Å². The predicted molar refractivity (Wildman–Crippen MR) is 82.6 cm³/mol. The monoisotopic (exact) mass is 360 g/mol. The molecular formula is C16H16ClF3N2O2. The summed E-state index contributed by atoms with van der Waals surface area (Å²) in [7, 11) is 0. The third-order valence-electron chi connectivity index (χ3n) is 4.70. The highest BCUT2D eigenvalue weighted by molar-refractivity contribution is 6.31. The number of hydrazone groups is 1. The molecule has 3 rings (SSSR count). The topological polar surface area (TPSA) is 52.9 Å². The van der Waals surface area contributed by atoms with E-state index in [0.29, 0.717) is 12.8 Å². The van der Waals surface area contributed by atoms with Gasteiger partial charge in [-0.3, -0.25) is 4.79 Å². The highest BCUT2D eigenvalue weighted by Crippen LogP contribution is 2.49. The number of benzene rings is 1. The number of rotatable bonds is 1. The van der Waals surface area contributed by atoms with Gasteiger partial charge in [-0.2, -0.15) is 23.3 Å². The Morgan fingerprint density at radius 1 is 1.42 bits per heavy atom. The maximum Gasteiger partial charge on any atom is 0.439 e. The van der Waals surface area contributed by atoms with Crippen molar-refractivity contribution >= 4 is 23.2 Å². The number of carbonyl (C=O) groups excluding carboxylic acids is 1. The Kier molecular flexibility index (Phi) is 4.12. The smallest absolute Gasteiger partial charge is 0.362 e. The summed E-state index contributed by atoms with van der Waals surface area (Å²) in [6, 6.07) is 5.57. The van der Waals surface area contributed by atoms with Crippen LogP contribution < -0.4 is 0 Å². The van der Waals surface area contributed by atoms with E-state index in [-0.39, 0.29) is 33.6 Å². The fraction of sp³-hybridized carbons (Fsp3) is 0.500. The summed E-state index contributed by atoms with van der Waals surface area (Å²) in [6.07, 6.45) is -3.66. The van der Waals surface area contributed by atoms with Gasteiger partial charge < -0.3 is 5.11 Å². The van der Waals surface area contributed by atoms with E-state index in [2.05, 4.69) is 5.10 Å². The van der Waals surface area contributed by atoms with Crippen LogP contribution in [0.15, 0.2) is 29.4 Å². The molecule has 1 fully saturated rings. The molecule has 1 aromatic rings. The van der Waals surface area contributed by atoms with Gasteiger partial charge in [0.25, 0.3) is 11.6 Å². The summed E-state index contributed by atoms with van der Waals surface area (Å²) >= 11 is 5.81. The zero-order chi connectivity index (χ0) is 17.7. The van der Waals surface area contributed by atoms with Crippen LogP contribution in [0.25, 0.3) is 0 Å². The van der Waals surface area contributed by atoms with Crippen molar-refractivity contribution in [2.45, 2.75) is 38.1 Å². The van der Waals surface area contributed by atoms with E-state index < -0.39 is 23.7 Å². The summed E-state index contributed by atoms with van der Waals surface area (Å²) in [4.78, 5) is 12.6. The van der Waals surface area contributed by atoms with Crippen molar-refractivity contribution in [1.29, 1.82) is 0 Å². The molecule has 1 aromatic carbocycles. The molecule has 1 N–H and O–H groups in total. The van der Waals surface area contributed by atoms with E-state index in [1.807, 2.05) is 0 Å². The van der Waals surface area contributed by atoms with Crippen molar-refractivity contribution in [1.82, 2.24) is 5.01 Å². The van der Waals surface area contributed by atoms with Gasteiger partial charge in [0.1, 0.15) is 0 Å². The molecule has 1 saturated carbocycles. The van der Waals surface area contributed by atoms with Crippen LogP contribution in [0.1, 0.15) is 36.5 Å². The average Bonchev–Trinajstić information content (AvgIpc) is 2.82. The molecule has 0 radical (unpaired) electrons. The summed E-state index contributed by atoms with van der Waals surface area (Å²) in [5.74, 6) is -2.47. The maximum atomic E-state index is 13.7. The number of carbonyl (C=O) groups is 1. The molecule has 0 unspecified atom stereocenters. The largest absolute Gasteiger partial charge is 0.439 e. The van der Waals surface area contributed by atoms with Gasteiger partial charge in [0.05, 0.1) is 5.92 Å². The molecule has 8 heteroatoms. The molecule has 4 nitrogen and oxygen atoms in total. The number of aliphatic hydroxyl groups is 1. The molecule has 0 bridgehead atoms. The van der Waals surface area contributed by atoms with E-state index in [1.165, 1.54) is 24.3 Å². The molecule has 3 atom stereocenters. The number of hydrogen-bond donors (Lipinski definition) is 1. The first-order valence-electron chi connectivity index (χ1n) is 7.64. The Morgan fingerprint density at radius 2 is 2.12 bits per heavy atom. The molecule has 1 heterocycles. The quantitative estimate of drug-likeness (QED) is 0.827. The van der Waals surface area contributed by atoms with Crippen molar-refractivity contribution in [2.24, 2.45) is 16.9 Å². The second kappa shape index (κ2) is 5.74. The minimum absolute atomic E-state index is 0.0548. The van der Waals surface area contributed by atoms with Gasteiger partial charge in [-0.1, -0.05) is 31.0 Å². The van der Waals surface area contributed by atoms with Crippen LogP contribution in [-0.4, -0.2) is 33.6 Å². The Hall–Kier alpha value is -1.60. The normalized spacial score (nSPS) is 30.1. The zero-order valence-corrected chi connectivity index (χ0v) is 13.6. The first kappa shape index (κ1) is 17.2. The van der Waals surface area contributed by atoms with Crippen LogP contribution in [0.3, 0.4) is 0 Å². The minimum Gasteiger partial charge on any atom is -0.362 e. The van der Waals surface area contributed by atoms with Crippen molar-refractivity contribution in [2.75, 3.05) is 0 Å². The molecule has 130 valence electrons. The Labute approximate surface area is 141 Å². The number of amides is 1. The average molecular weight is 361 g/mol. The van der Waals surface area contributed by atoms with Gasteiger partial charge in [-0.15, -0.1) is 0 Å². The highest BCUT2D eigenvalue weighted by atomic mass is 35.5. The predicted octanol–water partition coefficient (Wildman–Crippen LogP) is 3.84. The highest BCUT2D eigenvalue weighted by Gasteiger charge is 2.69. The lowest BCUT2D eigenvalue weighted by molar-refractivity contribution is -0.312. The minimum atomic E-state index is -5.02. The fourth-order valence-electron chi connectivity index (χ4n) is 3.44. The van der Waals surface area contributed by atoms with Crippen LogP contribution in [0.5, 0.6) is 0 Å². The zero-order valence-electron chi connectivity index (χ0n) is 12.8. The Bertz CT molecular complexity index is 707. The lowest BCUT2D eigenvalue weighted by Crippen LogP contribution is -2.61. The molecule has 2 aliphatic rings. The number of alkyl halides is 3. The lowest BCUT2D eigenvalue weighted by Gasteiger charge is -2.39. The second-order valence-electron chi connectivity index (χ2n) is 6.26. The number of fused-ring (bicyclic) bond motifs is 1. The third-order valence-corrected chi connectivity index (χ3v) is 4.93. The van der Waals surface area contributed by atoms with Crippen molar-refractivity contribution in [3.8, 4) is 0 Å². The van der Waals surface area contributed by atoms with Crippen molar-refractivity contribution in [3.63, 3.8) is 0 Å². The molecule has 1 aliphatic carbocycles. The summed E-state index contributed by atoms with van der Waals surface area (Å²) in [5, 5.41) is 14.8. The number of halogens is 4. The van der Waals surface area contributed by atoms with Crippen molar-refractivity contribution in [3.05, 3.63) is 34.9 Å². The van der Waals surface area contributed by atoms with E-state index >= 15 is 0 Å². The van der Waals surface area contributed by atoms with Gasteiger partial charge >= 0.3 is 6.18 Å². The molecule has 0 aromatic heterocycles. The first-order valence-corrected chi connectivity index (χ1v) is 8.01. The summed E-state index contributed by atoms with van der Waals surface area (Å²) in [6.45, 7) is 1.76. The fourth-order valence-corrected chi connectivity index (χ4v) is 3.63. The summed E-state index contributed by atoms with van der Waals surface area (Å²) in [5.41, 5.74) is -3.14. The van der Waals surface area contributed by atoms with E-state index in [1.54, 1.807) is 6.92 Å².